The van der Waals surface area contributed by atoms with E-state index >= 15 is 0 Å². The van der Waals surface area contributed by atoms with Gasteiger partial charge in [-0.2, -0.15) is 0 Å². The van der Waals surface area contributed by atoms with E-state index in [1.54, 1.807) is 7.11 Å². The van der Waals surface area contributed by atoms with Crippen LogP contribution >= 0.6 is 22.9 Å². The largest absolute Gasteiger partial charge is 0.496 e. The summed E-state index contributed by atoms with van der Waals surface area (Å²) in [7, 11) is 1.65. The lowest BCUT2D eigenvalue weighted by Gasteiger charge is -2.06. The van der Waals surface area contributed by atoms with Gasteiger partial charge in [-0.1, -0.05) is 29.8 Å². The second kappa shape index (κ2) is 9.53. The van der Waals surface area contributed by atoms with Crippen LogP contribution in [0, 0.1) is 0 Å². The molecular weight excluding hydrogens is 386 g/mol. The molecule has 2 aromatic heterocycles. The van der Waals surface area contributed by atoms with Crippen LogP contribution in [0.1, 0.15) is 28.6 Å². The number of thiophene rings is 1. The van der Waals surface area contributed by atoms with Crippen molar-refractivity contribution in [3.05, 3.63) is 63.0 Å². The number of methoxy groups -OCH3 is 1. The van der Waals surface area contributed by atoms with Crippen LogP contribution in [-0.2, 0) is 30.6 Å². The van der Waals surface area contributed by atoms with Gasteiger partial charge in [0.25, 0.3) is 0 Å². The van der Waals surface area contributed by atoms with Crippen LogP contribution in [0.25, 0.3) is 0 Å². The van der Waals surface area contributed by atoms with E-state index in [-0.39, 0.29) is 5.91 Å². The summed E-state index contributed by atoms with van der Waals surface area (Å²) in [5, 5.41) is 10.9. The average Bonchev–Trinajstić information content (AvgIpc) is 3.32. The van der Waals surface area contributed by atoms with Crippen LogP contribution in [0.2, 0.25) is 4.34 Å². The molecule has 27 heavy (non-hydrogen) atoms. The third kappa shape index (κ3) is 5.80. The Morgan fingerprint density at radius 2 is 1.93 bits per heavy atom. The van der Waals surface area contributed by atoms with E-state index in [1.165, 1.54) is 11.3 Å². The standard InChI is InChI=1S/C19H20ClN3O3S/c1-25-15-5-3-2-4-13(15)6-10-18-22-23-19(26-18)11-9-17(24)21-12-14-7-8-16(20)27-14/h2-5,7-8H,6,9-12H2,1H3,(H,21,24). The summed E-state index contributed by atoms with van der Waals surface area (Å²) in [5.41, 5.74) is 1.09. The van der Waals surface area contributed by atoms with E-state index in [0.717, 1.165) is 22.6 Å². The molecule has 0 aliphatic rings. The van der Waals surface area contributed by atoms with Crippen LogP contribution < -0.4 is 10.1 Å². The molecule has 1 amide bonds. The molecule has 0 bridgehead atoms. The lowest BCUT2D eigenvalue weighted by atomic mass is 10.1. The van der Waals surface area contributed by atoms with Gasteiger partial charge in [-0.15, -0.1) is 21.5 Å². The summed E-state index contributed by atoms with van der Waals surface area (Å²) in [4.78, 5) is 13.0. The molecule has 0 spiro atoms. The molecular formula is C19H20ClN3O3S. The fraction of sp³-hybridized carbons (Fsp3) is 0.316. The minimum Gasteiger partial charge on any atom is -0.496 e. The number of benzene rings is 1. The highest BCUT2D eigenvalue weighted by Crippen LogP contribution is 2.21. The maximum atomic E-state index is 11.9. The van der Waals surface area contributed by atoms with Crippen molar-refractivity contribution in [1.29, 1.82) is 0 Å². The smallest absolute Gasteiger partial charge is 0.220 e. The Bertz CT molecular complexity index is 894. The van der Waals surface area contributed by atoms with Crippen LogP contribution in [0.3, 0.4) is 0 Å². The van der Waals surface area contributed by atoms with Gasteiger partial charge >= 0.3 is 0 Å². The molecule has 0 saturated carbocycles. The average molecular weight is 406 g/mol. The number of nitrogens with zero attached hydrogens (tertiary/aromatic N) is 2. The number of rotatable bonds is 9. The number of carbonyl (C=O) groups excluding carboxylic acids is 1. The third-order valence-electron chi connectivity index (χ3n) is 3.96. The second-order valence-corrected chi connectivity index (χ2v) is 7.68. The summed E-state index contributed by atoms with van der Waals surface area (Å²) in [5.74, 6) is 1.82. The molecule has 2 heterocycles. The van der Waals surface area contributed by atoms with E-state index in [9.17, 15) is 4.79 Å². The zero-order chi connectivity index (χ0) is 19.1. The highest BCUT2D eigenvalue weighted by molar-refractivity contribution is 7.16. The molecule has 1 N–H and O–H groups in total. The Hall–Kier alpha value is -2.38. The van der Waals surface area contributed by atoms with Crippen molar-refractivity contribution in [3.8, 4) is 5.75 Å². The Labute approximate surface area is 166 Å². The molecule has 6 nitrogen and oxygen atoms in total. The van der Waals surface area contributed by atoms with Crippen LogP contribution in [0.5, 0.6) is 5.75 Å². The quantitative estimate of drug-likeness (QED) is 0.585. The first-order valence-electron chi connectivity index (χ1n) is 8.58. The minimum absolute atomic E-state index is 0.0618. The summed E-state index contributed by atoms with van der Waals surface area (Å²) in [6.45, 7) is 0.476. The van der Waals surface area contributed by atoms with Gasteiger partial charge in [0.05, 0.1) is 18.0 Å². The predicted molar refractivity (Wildman–Crippen MR) is 104 cm³/mol. The number of para-hydroxylation sites is 1. The van der Waals surface area contributed by atoms with Gasteiger partial charge in [0.15, 0.2) is 0 Å². The van der Waals surface area contributed by atoms with E-state index in [0.29, 0.717) is 41.9 Å². The first-order valence-corrected chi connectivity index (χ1v) is 9.77. The number of hydrogen-bond acceptors (Lipinski definition) is 6. The Morgan fingerprint density at radius 3 is 2.67 bits per heavy atom. The van der Waals surface area contributed by atoms with E-state index < -0.39 is 0 Å². The Morgan fingerprint density at radius 1 is 1.15 bits per heavy atom. The number of carbonyl (C=O) groups is 1. The van der Waals surface area contributed by atoms with Crippen molar-refractivity contribution in [1.82, 2.24) is 15.5 Å². The van der Waals surface area contributed by atoms with Crippen molar-refractivity contribution in [2.24, 2.45) is 0 Å². The molecule has 0 aliphatic heterocycles. The van der Waals surface area contributed by atoms with Crippen LogP contribution in [0.15, 0.2) is 40.8 Å². The number of ether oxygens (including phenoxy) is 1. The van der Waals surface area contributed by atoms with Crippen LogP contribution in [0.4, 0.5) is 0 Å². The van der Waals surface area contributed by atoms with Crippen molar-refractivity contribution in [2.45, 2.75) is 32.2 Å². The van der Waals surface area contributed by atoms with Gasteiger partial charge in [0, 0.05) is 24.1 Å². The van der Waals surface area contributed by atoms with Crippen molar-refractivity contribution >= 4 is 28.8 Å². The molecule has 1 aromatic carbocycles. The monoisotopic (exact) mass is 405 g/mol. The van der Waals surface area contributed by atoms with Gasteiger partial charge in [-0.05, 0) is 30.2 Å². The molecule has 0 unspecified atom stereocenters. The lowest BCUT2D eigenvalue weighted by molar-refractivity contribution is -0.121. The van der Waals surface area contributed by atoms with Gasteiger partial charge < -0.3 is 14.5 Å². The highest BCUT2D eigenvalue weighted by Gasteiger charge is 2.11. The number of aryl methyl sites for hydroxylation is 3. The number of amides is 1. The lowest BCUT2D eigenvalue weighted by Crippen LogP contribution is -2.22. The number of hydrogen-bond donors (Lipinski definition) is 1. The zero-order valence-electron chi connectivity index (χ0n) is 14.9. The van der Waals surface area contributed by atoms with E-state index in [4.69, 9.17) is 20.8 Å². The Kier molecular flexibility index (Phi) is 6.84. The second-order valence-electron chi connectivity index (χ2n) is 5.88. The molecule has 8 heteroatoms. The minimum atomic E-state index is -0.0618. The first kappa shape index (κ1) is 19.4. The molecule has 0 aliphatic carbocycles. The maximum Gasteiger partial charge on any atom is 0.220 e. The number of aromatic nitrogens is 2. The SMILES string of the molecule is COc1ccccc1CCc1nnc(CCC(=O)NCc2ccc(Cl)s2)o1. The number of halogens is 1. The van der Waals surface area contributed by atoms with E-state index in [1.807, 2.05) is 36.4 Å². The predicted octanol–water partition coefficient (Wildman–Crippen LogP) is 3.83. The molecule has 0 atom stereocenters. The van der Waals surface area contributed by atoms with Gasteiger partial charge in [0.2, 0.25) is 17.7 Å². The van der Waals surface area contributed by atoms with Crippen molar-refractivity contribution < 1.29 is 13.9 Å². The molecule has 0 saturated heterocycles. The number of nitrogens with one attached hydrogen (secondary N) is 1. The summed E-state index contributed by atoms with van der Waals surface area (Å²) in [6.07, 6.45) is 2.08. The fourth-order valence-electron chi connectivity index (χ4n) is 2.58. The van der Waals surface area contributed by atoms with Crippen LogP contribution in [-0.4, -0.2) is 23.2 Å². The van der Waals surface area contributed by atoms with Gasteiger partial charge in [-0.25, -0.2) is 0 Å². The van der Waals surface area contributed by atoms with Gasteiger partial charge in [-0.3, -0.25) is 4.79 Å². The zero-order valence-corrected chi connectivity index (χ0v) is 16.5. The highest BCUT2D eigenvalue weighted by atomic mass is 35.5. The summed E-state index contributed by atoms with van der Waals surface area (Å²) >= 11 is 7.33. The van der Waals surface area contributed by atoms with Crippen molar-refractivity contribution in [2.75, 3.05) is 7.11 Å². The topological polar surface area (TPSA) is 77.2 Å². The normalized spacial score (nSPS) is 10.7. The molecule has 3 rings (SSSR count). The van der Waals surface area contributed by atoms with Gasteiger partial charge in [0.1, 0.15) is 5.75 Å². The Balaban J connectivity index is 1.43. The summed E-state index contributed by atoms with van der Waals surface area (Å²) in [6, 6.07) is 11.6. The first-order chi connectivity index (χ1) is 13.1. The fourth-order valence-corrected chi connectivity index (χ4v) is 3.61. The van der Waals surface area contributed by atoms with E-state index in [2.05, 4.69) is 15.5 Å². The third-order valence-corrected chi connectivity index (χ3v) is 5.20. The molecule has 3 aromatic rings. The molecule has 0 fully saturated rings. The molecule has 142 valence electrons. The maximum absolute atomic E-state index is 11.9. The van der Waals surface area contributed by atoms with Crippen molar-refractivity contribution in [3.63, 3.8) is 0 Å². The summed E-state index contributed by atoms with van der Waals surface area (Å²) < 4.78 is 11.7. The molecule has 0 radical (unpaired) electrons.